The summed E-state index contributed by atoms with van der Waals surface area (Å²) in [6, 6.07) is 13.5. The quantitative estimate of drug-likeness (QED) is 0.724. The lowest BCUT2D eigenvalue weighted by Gasteiger charge is -1.98. The number of nitrogens with one attached hydrogen (secondary N) is 1. The van der Waals surface area contributed by atoms with E-state index in [4.69, 9.17) is 4.74 Å². The lowest BCUT2D eigenvalue weighted by molar-refractivity contribution is 0.0603. The van der Waals surface area contributed by atoms with Gasteiger partial charge in [-0.3, -0.25) is 0 Å². The van der Waals surface area contributed by atoms with E-state index in [1.54, 1.807) is 6.07 Å². The Morgan fingerprint density at radius 3 is 2.60 bits per heavy atom. The van der Waals surface area contributed by atoms with Crippen molar-refractivity contribution in [3.63, 3.8) is 0 Å². The Hall–Kier alpha value is -2.62. The molecule has 0 bridgehead atoms. The molecule has 3 rings (SSSR count). The van der Waals surface area contributed by atoms with Crippen LogP contribution in [0.25, 0.3) is 22.4 Å². The van der Waals surface area contributed by atoms with Crippen molar-refractivity contribution in [1.29, 1.82) is 0 Å². The average Bonchev–Trinajstić information content (AvgIpc) is 2.91. The van der Waals surface area contributed by atoms with Gasteiger partial charge in [0.15, 0.2) is 0 Å². The van der Waals surface area contributed by atoms with Crippen LogP contribution in [-0.2, 0) is 4.74 Å². The number of methoxy groups -OCH3 is 1. The summed E-state index contributed by atoms with van der Waals surface area (Å²) in [4.78, 5) is 19.5. The van der Waals surface area contributed by atoms with Crippen LogP contribution in [0, 0.1) is 6.92 Å². The number of aryl methyl sites for hydroxylation is 1. The number of para-hydroxylation sites is 1. The maximum Gasteiger partial charge on any atom is 0.340 e. The zero-order chi connectivity index (χ0) is 14.1. The van der Waals surface area contributed by atoms with E-state index in [0.717, 1.165) is 16.9 Å². The molecule has 20 heavy (non-hydrogen) atoms. The zero-order valence-corrected chi connectivity index (χ0v) is 11.3. The number of hydrogen-bond donors (Lipinski definition) is 1. The third-order valence-corrected chi connectivity index (χ3v) is 3.24. The van der Waals surface area contributed by atoms with Crippen molar-refractivity contribution in [1.82, 2.24) is 9.97 Å². The van der Waals surface area contributed by atoms with Gasteiger partial charge in [0.25, 0.3) is 0 Å². The van der Waals surface area contributed by atoms with Crippen molar-refractivity contribution in [2.45, 2.75) is 6.92 Å². The summed E-state index contributed by atoms with van der Waals surface area (Å²) in [5, 5.41) is 0. The van der Waals surface area contributed by atoms with E-state index in [0.29, 0.717) is 11.1 Å². The fourth-order valence-electron chi connectivity index (χ4n) is 2.15. The topological polar surface area (TPSA) is 55.0 Å². The van der Waals surface area contributed by atoms with Gasteiger partial charge in [-0.15, -0.1) is 0 Å². The van der Waals surface area contributed by atoms with E-state index in [9.17, 15) is 4.79 Å². The summed E-state index contributed by atoms with van der Waals surface area (Å²) in [5.41, 5.74) is 4.11. The van der Waals surface area contributed by atoms with Crippen LogP contribution in [0.4, 0.5) is 0 Å². The number of fused-ring (bicyclic) bond motifs is 1. The van der Waals surface area contributed by atoms with Crippen molar-refractivity contribution in [2.24, 2.45) is 0 Å². The van der Waals surface area contributed by atoms with E-state index in [1.807, 2.05) is 43.3 Å². The van der Waals surface area contributed by atoms with Gasteiger partial charge < -0.3 is 9.72 Å². The first-order valence-electron chi connectivity index (χ1n) is 6.33. The van der Waals surface area contributed by atoms with Gasteiger partial charge in [0, 0.05) is 5.56 Å². The number of H-pyrrole nitrogens is 1. The maximum absolute atomic E-state index is 11.7. The second-order valence-corrected chi connectivity index (χ2v) is 4.64. The number of ether oxygens (including phenoxy) is 1. The van der Waals surface area contributed by atoms with Crippen molar-refractivity contribution in [3.8, 4) is 11.4 Å². The Balaban J connectivity index is 2.15. The molecule has 4 heteroatoms. The molecule has 0 saturated carbocycles. The standard InChI is InChI=1S/C16H14N2O2/c1-10-6-8-11(9-7-10)15-17-13-5-3-4-12(14(13)18-15)16(19)20-2/h3-9H,1-2H3,(H,17,18). The predicted octanol–water partition coefficient (Wildman–Crippen LogP) is 3.32. The summed E-state index contributed by atoms with van der Waals surface area (Å²) in [6.07, 6.45) is 0. The maximum atomic E-state index is 11.7. The van der Waals surface area contributed by atoms with Crippen molar-refractivity contribution < 1.29 is 9.53 Å². The predicted molar refractivity (Wildman–Crippen MR) is 77.6 cm³/mol. The monoisotopic (exact) mass is 266 g/mol. The Bertz CT molecular complexity index is 773. The second-order valence-electron chi connectivity index (χ2n) is 4.64. The molecule has 0 saturated heterocycles. The number of aromatic nitrogens is 2. The van der Waals surface area contributed by atoms with Crippen LogP contribution in [-0.4, -0.2) is 23.0 Å². The molecule has 1 N–H and O–H groups in total. The van der Waals surface area contributed by atoms with Crippen LogP contribution in [0.2, 0.25) is 0 Å². The number of carbonyl (C=O) groups is 1. The molecule has 1 heterocycles. The first kappa shape index (κ1) is 12.4. The Morgan fingerprint density at radius 2 is 1.90 bits per heavy atom. The third kappa shape index (κ3) is 2.05. The largest absolute Gasteiger partial charge is 0.465 e. The Labute approximate surface area is 116 Å². The van der Waals surface area contributed by atoms with Gasteiger partial charge in [-0.2, -0.15) is 0 Å². The molecule has 2 aromatic carbocycles. The van der Waals surface area contributed by atoms with Crippen molar-refractivity contribution in [3.05, 3.63) is 53.6 Å². The lowest BCUT2D eigenvalue weighted by Crippen LogP contribution is -2.01. The van der Waals surface area contributed by atoms with Crippen LogP contribution in [0.5, 0.6) is 0 Å². The highest BCUT2D eigenvalue weighted by Crippen LogP contribution is 2.23. The average molecular weight is 266 g/mol. The molecule has 0 fully saturated rings. The minimum Gasteiger partial charge on any atom is -0.465 e. The second kappa shape index (κ2) is 4.81. The Kier molecular flexibility index (Phi) is 2.99. The van der Waals surface area contributed by atoms with Gasteiger partial charge in [0.05, 0.1) is 18.2 Å². The molecule has 0 atom stereocenters. The molecule has 0 spiro atoms. The summed E-state index contributed by atoms with van der Waals surface area (Å²) in [5.74, 6) is 0.369. The van der Waals surface area contributed by atoms with E-state index in [2.05, 4.69) is 9.97 Å². The third-order valence-electron chi connectivity index (χ3n) is 3.24. The molecule has 0 aliphatic rings. The lowest BCUT2D eigenvalue weighted by atomic mass is 10.1. The fraction of sp³-hybridized carbons (Fsp3) is 0.125. The van der Waals surface area contributed by atoms with Crippen molar-refractivity contribution in [2.75, 3.05) is 7.11 Å². The molecular formula is C16H14N2O2. The van der Waals surface area contributed by atoms with Gasteiger partial charge in [-0.25, -0.2) is 9.78 Å². The molecule has 0 unspecified atom stereocenters. The SMILES string of the molecule is COC(=O)c1cccc2[nH]c(-c3ccc(C)cc3)nc12. The molecule has 1 aromatic heterocycles. The van der Waals surface area contributed by atoms with Gasteiger partial charge in [-0.1, -0.05) is 35.9 Å². The van der Waals surface area contributed by atoms with Crippen LogP contribution in [0.3, 0.4) is 0 Å². The summed E-state index contributed by atoms with van der Waals surface area (Å²) >= 11 is 0. The number of hydrogen-bond acceptors (Lipinski definition) is 3. The summed E-state index contributed by atoms with van der Waals surface area (Å²) in [6.45, 7) is 2.04. The number of rotatable bonds is 2. The van der Waals surface area contributed by atoms with Crippen LogP contribution in [0.15, 0.2) is 42.5 Å². The molecule has 100 valence electrons. The molecule has 4 nitrogen and oxygen atoms in total. The first-order chi connectivity index (χ1) is 9.69. The van der Waals surface area contributed by atoms with Gasteiger partial charge >= 0.3 is 5.97 Å². The van der Waals surface area contributed by atoms with Crippen molar-refractivity contribution >= 4 is 17.0 Å². The van der Waals surface area contributed by atoms with Crippen LogP contribution < -0.4 is 0 Å². The van der Waals surface area contributed by atoms with E-state index in [1.165, 1.54) is 12.7 Å². The van der Waals surface area contributed by atoms with E-state index < -0.39 is 0 Å². The smallest absolute Gasteiger partial charge is 0.340 e. The van der Waals surface area contributed by atoms with Crippen LogP contribution >= 0.6 is 0 Å². The Morgan fingerprint density at radius 1 is 1.15 bits per heavy atom. The number of aromatic amines is 1. The number of esters is 1. The van der Waals surface area contributed by atoms with E-state index in [-0.39, 0.29) is 5.97 Å². The molecular weight excluding hydrogens is 252 g/mol. The number of carbonyl (C=O) groups excluding carboxylic acids is 1. The fourth-order valence-corrected chi connectivity index (χ4v) is 2.15. The van der Waals surface area contributed by atoms with Gasteiger partial charge in [0.2, 0.25) is 0 Å². The van der Waals surface area contributed by atoms with Crippen LogP contribution in [0.1, 0.15) is 15.9 Å². The van der Waals surface area contributed by atoms with E-state index >= 15 is 0 Å². The highest BCUT2D eigenvalue weighted by atomic mass is 16.5. The summed E-state index contributed by atoms with van der Waals surface area (Å²) < 4.78 is 4.78. The molecule has 0 radical (unpaired) electrons. The first-order valence-corrected chi connectivity index (χ1v) is 6.33. The molecule has 0 aliphatic heterocycles. The minimum atomic E-state index is -0.377. The number of imidazole rings is 1. The minimum absolute atomic E-state index is 0.377. The highest BCUT2D eigenvalue weighted by Gasteiger charge is 2.14. The van der Waals surface area contributed by atoms with Gasteiger partial charge in [-0.05, 0) is 19.1 Å². The zero-order valence-electron chi connectivity index (χ0n) is 11.3. The molecule has 3 aromatic rings. The number of nitrogens with zero attached hydrogens (tertiary/aromatic N) is 1. The normalized spacial score (nSPS) is 10.7. The molecule has 0 aliphatic carbocycles. The molecule has 0 amide bonds. The highest BCUT2D eigenvalue weighted by molar-refractivity contribution is 6.02. The van der Waals surface area contributed by atoms with Gasteiger partial charge in [0.1, 0.15) is 11.3 Å². The number of benzene rings is 2. The summed E-state index contributed by atoms with van der Waals surface area (Å²) in [7, 11) is 1.37.